The lowest BCUT2D eigenvalue weighted by Gasteiger charge is -2.09. The Balaban J connectivity index is 1.94. The molecule has 0 atom stereocenters. The molecule has 6 heteroatoms. The van der Waals surface area contributed by atoms with Crippen LogP contribution >= 0.6 is 31.9 Å². The van der Waals surface area contributed by atoms with Crippen molar-refractivity contribution in [2.75, 3.05) is 5.32 Å². The van der Waals surface area contributed by atoms with E-state index < -0.39 is 11.8 Å². The number of carbonyl (C=O) groups excluding carboxylic acids is 1. The fraction of sp³-hybridized carbons (Fsp3) is 0.0714. The predicted molar refractivity (Wildman–Crippen MR) is 84.1 cm³/mol. The summed E-state index contributed by atoms with van der Waals surface area (Å²) >= 11 is 6.55. The van der Waals surface area contributed by atoms with Crippen LogP contribution in [0.2, 0.25) is 0 Å². The monoisotopic (exact) mass is 400 g/mol. The number of nitrogens with one attached hydrogen (secondary N) is 2. The molecule has 0 saturated heterocycles. The summed E-state index contributed by atoms with van der Waals surface area (Å²) in [5.41, 5.74) is 1.08. The fourth-order valence-electron chi connectivity index (χ4n) is 1.57. The van der Waals surface area contributed by atoms with Gasteiger partial charge in [0.1, 0.15) is 5.82 Å². The predicted octanol–water partition coefficient (Wildman–Crippen LogP) is 4.67. The topological polar surface area (TPSA) is 41.1 Å². The standard InChI is InChI=1S/C14H11Br2FN2O/c15-10-5-6-13(12(17)7-10)19-14(20)18-8-9-3-1-2-4-11(9)16/h1-7H,8H2,(H2,18,19,20). The molecule has 0 aliphatic rings. The number of amides is 2. The molecule has 20 heavy (non-hydrogen) atoms. The molecule has 0 heterocycles. The van der Waals surface area contributed by atoms with E-state index in [0.29, 0.717) is 11.0 Å². The highest BCUT2D eigenvalue weighted by Crippen LogP contribution is 2.19. The van der Waals surface area contributed by atoms with E-state index in [9.17, 15) is 9.18 Å². The molecule has 0 aliphatic heterocycles. The van der Waals surface area contributed by atoms with Crippen molar-refractivity contribution in [3.63, 3.8) is 0 Å². The Kier molecular flexibility index (Phi) is 5.14. The van der Waals surface area contributed by atoms with Crippen molar-refractivity contribution in [3.05, 3.63) is 62.8 Å². The second-order valence-corrected chi connectivity index (χ2v) is 5.79. The molecule has 2 aromatic rings. The second-order valence-electron chi connectivity index (χ2n) is 4.02. The van der Waals surface area contributed by atoms with E-state index in [2.05, 4.69) is 42.5 Å². The minimum Gasteiger partial charge on any atom is -0.334 e. The van der Waals surface area contributed by atoms with Gasteiger partial charge in [-0.2, -0.15) is 0 Å². The van der Waals surface area contributed by atoms with Gasteiger partial charge in [0.05, 0.1) is 5.69 Å². The molecule has 0 fully saturated rings. The Hall–Kier alpha value is -1.40. The van der Waals surface area contributed by atoms with Crippen molar-refractivity contribution in [1.82, 2.24) is 5.32 Å². The summed E-state index contributed by atoms with van der Waals surface area (Å²) in [5, 5.41) is 5.14. The van der Waals surface area contributed by atoms with Gasteiger partial charge in [-0.15, -0.1) is 0 Å². The lowest BCUT2D eigenvalue weighted by atomic mass is 10.2. The van der Waals surface area contributed by atoms with Crippen LogP contribution in [0.5, 0.6) is 0 Å². The molecule has 3 nitrogen and oxygen atoms in total. The van der Waals surface area contributed by atoms with Crippen molar-refractivity contribution < 1.29 is 9.18 Å². The molecule has 2 amide bonds. The average molecular weight is 402 g/mol. The first-order chi connectivity index (χ1) is 9.56. The van der Waals surface area contributed by atoms with Crippen LogP contribution in [0.25, 0.3) is 0 Å². The molecule has 104 valence electrons. The highest BCUT2D eigenvalue weighted by Gasteiger charge is 2.07. The lowest BCUT2D eigenvalue weighted by molar-refractivity contribution is 0.251. The molecule has 0 saturated carbocycles. The number of hydrogen-bond acceptors (Lipinski definition) is 1. The largest absolute Gasteiger partial charge is 0.334 e. The summed E-state index contributed by atoms with van der Waals surface area (Å²) in [5.74, 6) is -0.490. The number of halogens is 3. The van der Waals surface area contributed by atoms with Crippen LogP contribution in [-0.4, -0.2) is 6.03 Å². The first-order valence-electron chi connectivity index (χ1n) is 5.79. The molecule has 0 bridgehead atoms. The van der Waals surface area contributed by atoms with Gasteiger partial charge in [-0.1, -0.05) is 50.1 Å². The van der Waals surface area contributed by atoms with E-state index in [0.717, 1.165) is 10.0 Å². The van der Waals surface area contributed by atoms with Crippen LogP contribution in [0.3, 0.4) is 0 Å². The van der Waals surface area contributed by atoms with E-state index in [1.54, 1.807) is 6.07 Å². The smallest absolute Gasteiger partial charge is 0.319 e. The molecule has 0 spiro atoms. The Labute approximate surface area is 132 Å². The zero-order valence-electron chi connectivity index (χ0n) is 10.3. The fourth-order valence-corrected chi connectivity index (χ4v) is 2.33. The highest BCUT2D eigenvalue weighted by molar-refractivity contribution is 9.10. The average Bonchev–Trinajstić information content (AvgIpc) is 2.41. The molecule has 2 aromatic carbocycles. The summed E-state index contributed by atoms with van der Waals surface area (Å²) in [7, 11) is 0. The van der Waals surface area contributed by atoms with E-state index in [1.807, 2.05) is 24.3 Å². The SMILES string of the molecule is O=C(NCc1ccccc1Br)Nc1ccc(Br)cc1F. The van der Waals surface area contributed by atoms with E-state index >= 15 is 0 Å². The quantitative estimate of drug-likeness (QED) is 0.770. The first-order valence-corrected chi connectivity index (χ1v) is 7.38. The van der Waals surface area contributed by atoms with Crippen molar-refractivity contribution in [2.24, 2.45) is 0 Å². The van der Waals surface area contributed by atoms with Crippen molar-refractivity contribution in [3.8, 4) is 0 Å². The molecule has 0 unspecified atom stereocenters. The number of benzene rings is 2. The van der Waals surface area contributed by atoms with E-state index in [4.69, 9.17) is 0 Å². The Morgan fingerprint density at radius 2 is 1.90 bits per heavy atom. The number of rotatable bonds is 3. The van der Waals surface area contributed by atoms with E-state index in [-0.39, 0.29) is 5.69 Å². The van der Waals surface area contributed by atoms with Gasteiger partial charge in [0.25, 0.3) is 0 Å². The number of urea groups is 1. The maximum absolute atomic E-state index is 13.6. The lowest BCUT2D eigenvalue weighted by Crippen LogP contribution is -2.28. The van der Waals surface area contributed by atoms with Crippen LogP contribution in [-0.2, 0) is 6.54 Å². The molecule has 2 N–H and O–H groups in total. The van der Waals surface area contributed by atoms with Gasteiger partial charge < -0.3 is 10.6 Å². The third-order valence-corrected chi connectivity index (χ3v) is 3.84. The van der Waals surface area contributed by atoms with Gasteiger partial charge in [0.2, 0.25) is 0 Å². The first kappa shape index (κ1) is 15.0. The van der Waals surface area contributed by atoms with Gasteiger partial charge in [-0.25, -0.2) is 9.18 Å². The molecular formula is C14H11Br2FN2O. The van der Waals surface area contributed by atoms with Crippen molar-refractivity contribution >= 4 is 43.6 Å². The summed E-state index contributed by atoms with van der Waals surface area (Å²) in [6, 6.07) is 11.6. The summed E-state index contributed by atoms with van der Waals surface area (Å²) in [6.45, 7) is 0.353. The third-order valence-electron chi connectivity index (χ3n) is 2.58. The Morgan fingerprint density at radius 3 is 2.60 bits per heavy atom. The maximum Gasteiger partial charge on any atom is 0.319 e. The maximum atomic E-state index is 13.6. The van der Waals surface area contributed by atoms with Gasteiger partial charge in [0.15, 0.2) is 0 Å². The summed E-state index contributed by atoms with van der Waals surface area (Å²) < 4.78 is 15.1. The Bertz CT molecular complexity index is 634. The third kappa shape index (κ3) is 4.05. The van der Waals surface area contributed by atoms with Gasteiger partial charge >= 0.3 is 6.03 Å². The number of hydrogen-bond donors (Lipinski definition) is 2. The van der Waals surface area contributed by atoms with Gasteiger partial charge in [-0.3, -0.25) is 0 Å². The van der Waals surface area contributed by atoms with Crippen molar-refractivity contribution in [2.45, 2.75) is 6.54 Å². The van der Waals surface area contributed by atoms with Crippen LogP contribution in [0.4, 0.5) is 14.9 Å². The Morgan fingerprint density at radius 1 is 1.15 bits per heavy atom. The van der Waals surface area contributed by atoms with Crippen LogP contribution in [0, 0.1) is 5.82 Å². The zero-order chi connectivity index (χ0) is 14.5. The summed E-state index contributed by atoms with van der Waals surface area (Å²) in [6.07, 6.45) is 0. The number of anilines is 1. The zero-order valence-corrected chi connectivity index (χ0v) is 13.5. The van der Waals surface area contributed by atoms with Crippen LogP contribution < -0.4 is 10.6 Å². The molecule has 0 aliphatic carbocycles. The van der Waals surface area contributed by atoms with Crippen LogP contribution in [0.1, 0.15) is 5.56 Å². The highest BCUT2D eigenvalue weighted by atomic mass is 79.9. The van der Waals surface area contributed by atoms with E-state index in [1.165, 1.54) is 12.1 Å². The minimum atomic E-state index is -0.490. The second kappa shape index (κ2) is 6.85. The van der Waals surface area contributed by atoms with Crippen LogP contribution in [0.15, 0.2) is 51.4 Å². The van der Waals surface area contributed by atoms with Gasteiger partial charge in [-0.05, 0) is 29.8 Å². The normalized spacial score (nSPS) is 10.2. The van der Waals surface area contributed by atoms with Crippen molar-refractivity contribution in [1.29, 1.82) is 0 Å². The number of carbonyl (C=O) groups is 1. The molecular weight excluding hydrogens is 391 g/mol. The summed E-state index contributed by atoms with van der Waals surface area (Å²) in [4.78, 5) is 11.7. The van der Waals surface area contributed by atoms with Gasteiger partial charge in [0, 0.05) is 15.5 Å². The molecule has 2 rings (SSSR count). The molecule has 0 radical (unpaired) electrons. The molecule has 0 aromatic heterocycles. The minimum absolute atomic E-state index is 0.137.